The van der Waals surface area contributed by atoms with Gasteiger partial charge in [-0.2, -0.15) is 0 Å². The molecule has 2 aromatic heterocycles. The van der Waals surface area contributed by atoms with Crippen LogP contribution in [-0.4, -0.2) is 17.1 Å². The Morgan fingerprint density at radius 3 is 3.13 bits per heavy atom. The Morgan fingerprint density at radius 2 is 2.47 bits per heavy atom. The lowest BCUT2D eigenvalue weighted by Crippen LogP contribution is -2.14. The molecule has 80 valence electrons. The zero-order chi connectivity index (χ0) is 10.8. The van der Waals surface area contributed by atoms with E-state index in [4.69, 9.17) is 9.15 Å². The van der Waals surface area contributed by atoms with Gasteiger partial charge in [0, 0.05) is 12.1 Å². The molecule has 0 aliphatic carbocycles. The summed E-state index contributed by atoms with van der Waals surface area (Å²) in [6.07, 6.45) is 2.32. The predicted molar refractivity (Wildman–Crippen MR) is 55.7 cm³/mol. The number of carbonyl (C=O) groups is 1. The average molecular weight is 207 g/mol. The number of esters is 1. The van der Waals surface area contributed by atoms with Gasteiger partial charge in [0.15, 0.2) is 5.58 Å². The van der Waals surface area contributed by atoms with E-state index in [0.717, 1.165) is 11.9 Å². The third kappa shape index (κ3) is 1.88. The molecule has 0 saturated carbocycles. The van der Waals surface area contributed by atoms with Crippen LogP contribution in [0.1, 0.15) is 30.8 Å². The van der Waals surface area contributed by atoms with Gasteiger partial charge in [-0.05, 0) is 13.3 Å². The number of furan rings is 1. The van der Waals surface area contributed by atoms with Crippen LogP contribution in [0.2, 0.25) is 0 Å². The van der Waals surface area contributed by atoms with E-state index in [1.54, 1.807) is 18.4 Å². The molecular formula is C11H13NO3. The van der Waals surface area contributed by atoms with Crippen molar-refractivity contribution < 1.29 is 13.9 Å². The summed E-state index contributed by atoms with van der Waals surface area (Å²) < 4.78 is 10.3. The maximum absolute atomic E-state index is 11.6. The third-order valence-electron chi connectivity index (χ3n) is 2.34. The predicted octanol–water partition coefficient (Wildman–Crippen LogP) is 2.72. The van der Waals surface area contributed by atoms with Gasteiger partial charge in [-0.25, -0.2) is 4.79 Å². The maximum atomic E-state index is 11.6. The van der Waals surface area contributed by atoms with Crippen molar-refractivity contribution in [3.63, 3.8) is 0 Å². The number of H-pyrrole nitrogens is 1. The Hall–Kier alpha value is -1.71. The normalized spacial score (nSPS) is 12.9. The molecule has 2 aromatic rings. The van der Waals surface area contributed by atoms with Crippen LogP contribution >= 0.6 is 0 Å². The summed E-state index contributed by atoms with van der Waals surface area (Å²) in [7, 11) is 0. The van der Waals surface area contributed by atoms with E-state index >= 15 is 0 Å². The number of aromatic nitrogens is 1. The molecule has 4 nitrogen and oxygen atoms in total. The second kappa shape index (κ2) is 3.81. The van der Waals surface area contributed by atoms with Gasteiger partial charge in [0.1, 0.15) is 5.69 Å². The number of hydrogen-bond donors (Lipinski definition) is 1. The van der Waals surface area contributed by atoms with Crippen molar-refractivity contribution >= 4 is 17.1 Å². The fourth-order valence-electron chi connectivity index (χ4n) is 1.29. The summed E-state index contributed by atoms with van der Waals surface area (Å²) in [5.41, 5.74) is 1.92. The summed E-state index contributed by atoms with van der Waals surface area (Å²) in [5.74, 6) is -0.337. The molecule has 0 fully saturated rings. The van der Waals surface area contributed by atoms with E-state index in [1.165, 1.54) is 0 Å². The molecule has 15 heavy (non-hydrogen) atoms. The van der Waals surface area contributed by atoms with Crippen molar-refractivity contribution in [3.05, 3.63) is 24.1 Å². The van der Waals surface area contributed by atoms with Crippen LogP contribution in [-0.2, 0) is 4.74 Å². The van der Waals surface area contributed by atoms with Crippen molar-refractivity contribution in [1.29, 1.82) is 0 Å². The summed E-state index contributed by atoms with van der Waals surface area (Å²) in [4.78, 5) is 14.5. The van der Waals surface area contributed by atoms with Crippen molar-refractivity contribution in [2.75, 3.05) is 0 Å². The molecule has 0 aromatic carbocycles. The van der Waals surface area contributed by atoms with E-state index in [1.807, 2.05) is 13.8 Å². The molecule has 0 amide bonds. The monoisotopic (exact) mass is 207 g/mol. The highest BCUT2D eigenvalue weighted by Crippen LogP contribution is 2.17. The molecule has 0 aliphatic heterocycles. The highest BCUT2D eigenvalue weighted by molar-refractivity contribution is 5.93. The van der Waals surface area contributed by atoms with Gasteiger partial charge in [0.2, 0.25) is 0 Å². The van der Waals surface area contributed by atoms with Gasteiger partial charge in [-0.3, -0.25) is 0 Å². The van der Waals surface area contributed by atoms with Gasteiger partial charge in [0.25, 0.3) is 0 Å². The second-order valence-corrected chi connectivity index (χ2v) is 3.51. The molecule has 2 rings (SSSR count). The van der Waals surface area contributed by atoms with Crippen LogP contribution in [0.25, 0.3) is 11.1 Å². The molecule has 0 aliphatic rings. The molecular weight excluding hydrogens is 194 g/mol. The molecule has 0 radical (unpaired) electrons. The number of fused-ring (bicyclic) bond motifs is 1. The van der Waals surface area contributed by atoms with Crippen LogP contribution in [0, 0.1) is 0 Å². The van der Waals surface area contributed by atoms with Crippen LogP contribution in [0.3, 0.4) is 0 Å². The Balaban J connectivity index is 2.17. The van der Waals surface area contributed by atoms with Gasteiger partial charge in [-0.1, -0.05) is 6.92 Å². The second-order valence-electron chi connectivity index (χ2n) is 3.51. The van der Waals surface area contributed by atoms with Crippen molar-refractivity contribution in [3.8, 4) is 0 Å². The van der Waals surface area contributed by atoms with Gasteiger partial charge < -0.3 is 14.1 Å². The van der Waals surface area contributed by atoms with E-state index in [-0.39, 0.29) is 12.1 Å². The number of rotatable bonds is 3. The summed E-state index contributed by atoms with van der Waals surface area (Å²) in [5, 5.41) is 0. The quantitative estimate of drug-likeness (QED) is 0.787. The van der Waals surface area contributed by atoms with Crippen molar-refractivity contribution in [1.82, 2.24) is 4.98 Å². The lowest BCUT2D eigenvalue weighted by molar-refractivity contribution is 0.0328. The topological polar surface area (TPSA) is 55.2 Å². The van der Waals surface area contributed by atoms with Gasteiger partial charge >= 0.3 is 5.97 Å². The first-order valence-electron chi connectivity index (χ1n) is 4.98. The molecule has 0 spiro atoms. The molecule has 0 bridgehead atoms. The average Bonchev–Trinajstić information content (AvgIpc) is 2.76. The van der Waals surface area contributed by atoms with Crippen LogP contribution in [0.15, 0.2) is 22.8 Å². The van der Waals surface area contributed by atoms with Gasteiger partial charge in [-0.15, -0.1) is 0 Å². The molecule has 1 N–H and O–H groups in total. The number of hydrogen-bond acceptors (Lipinski definition) is 3. The fourth-order valence-corrected chi connectivity index (χ4v) is 1.29. The zero-order valence-electron chi connectivity index (χ0n) is 8.74. The molecule has 4 heteroatoms. The SMILES string of the molecule is CCC(C)OC(=O)c1cc2occc2[nH]1. The minimum atomic E-state index is -0.337. The first-order chi connectivity index (χ1) is 7.20. The molecule has 0 saturated heterocycles. The minimum Gasteiger partial charge on any atom is -0.463 e. The largest absolute Gasteiger partial charge is 0.463 e. The van der Waals surface area contributed by atoms with E-state index in [2.05, 4.69) is 4.98 Å². The summed E-state index contributed by atoms with van der Waals surface area (Å²) in [6, 6.07) is 3.43. The molecule has 1 atom stereocenters. The highest BCUT2D eigenvalue weighted by Gasteiger charge is 2.14. The van der Waals surface area contributed by atoms with Crippen molar-refractivity contribution in [2.24, 2.45) is 0 Å². The molecule has 2 heterocycles. The first-order valence-corrected chi connectivity index (χ1v) is 4.98. The number of aromatic amines is 1. The van der Waals surface area contributed by atoms with Crippen molar-refractivity contribution in [2.45, 2.75) is 26.4 Å². The Morgan fingerprint density at radius 1 is 1.67 bits per heavy atom. The van der Waals surface area contributed by atoms with E-state index < -0.39 is 0 Å². The van der Waals surface area contributed by atoms with Crippen LogP contribution in [0.4, 0.5) is 0 Å². The summed E-state index contributed by atoms with van der Waals surface area (Å²) in [6.45, 7) is 3.84. The van der Waals surface area contributed by atoms with Gasteiger partial charge in [0.05, 0.1) is 17.9 Å². The lowest BCUT2D eigenvalue weighted by atomic mass is 10.3. The Bertz CT molecular complexity index is 440. The third-order valence-corrected chi connectivity index (χ3v) is 2.34. The zero-order valence-corrected chi connectivity index (χ0v) is 8.74. The highest BCUT2D eigenvalue weighted by atomic mass is 16.5. The fraction of sp³-hybridized carbons (Fsp3) is 0.364. The number of ether oxygens (including phenoxy) is 1. The Labute approximate surface area is 87.2 Å². The summed E-state index contributed by atoms with van der Waals surface area (Å²) >= 11 is 0. The minimum absolute atomic E-state index is 0.0629. The maximum Gasteiger partial charge on any atom is 0.355 e. The van der Waals surface area contributed by atoms with Crippen LogP contribution in [0.5, 0.6) is 0 Å². The Kier molecular flexibility index (Phi) is 2.49. The first kappa shape index (κ1) is 9.83. The van der Waals surface area contributed by atoms with Crippen LogP contribution < -0.4 is 0 Å². The number of carbonyl (C=O) groups excluding carboxylic acids is 1. The lowest BCUT2D eigenvalue weighted by Gasteiger charge is -2.09. The van der Waals surface area contributed by atoms with E-state index in [0.29, 0.717) is 11.3 Å². The smallest absolute Gasteiger partial charge is 0.355 e. The molecule has 1 unspecified atom stereocenters. The number of nitrogens with one attached hydrogen (secondary N) is 1. The van der Waals surface area contributed by atoms with E-state index in [9.17, 15) is 4.79 Å². The standard InChI is InChI=1S/C11H13NO3/c1-3-7(2)15-11(13)9-6-10-8(12-9)4-5-14-10/h4-7,12H,3H2,1-2H3.